The Kier molecular flexibility index (Phi) is 5.26. The lowest BCUT2D eigenvalue weighted by atomic mass is 9.92. The third kappa shape index (κ3) is 4.12. The van der Waals surface area contributed by atoms with E-state index in [4.69, 9.17) is 5.73 Å². The van der Waals surface area contributed by atoms with Gasteiger partial charge in [0, 0.05) is 13.0 Å². The minimum Gasteiger partial charge on any atom is -0.356 e. The van der Waals surface area contributed by atoms with Gasteiger partial charge in [-0.2, -0.15) is 0 Å². The van der Waals surface area contributed by atoms with Gasteiger partial charge < -0.3 is 11.1 Å². The fraction of sp³-hybridized carbons (Fsp3) is 0.923. The fourth-order valence-corrected chi connectivity index (χ4v) is 2.09. The van der Waals surface area contributed by atoms with Crippen LogP contribution in [0, 0.1) is 11.3 Å². The fourth-order valence-electron chi connectivity index (χ4n) is 2.09. The molecule has 1 rings (SSSR count). The van der Waals surface area contributed by atoms with E-state index in [0.29, 0.717) is 17.8 Å². The summed E-state index contributed by atoms with van der Waals surface area (Å²) in [6, 6.07) is 0. The number of unbranched alkanes of at least 4 members (excludes halogenated alkanes) is 2. The van der Waals surface area contributed by atoms with Gasteiger partial charge in [0.15, 0.2) is 0 Å². The summed E-state index contributed by atoms with van der Waals surface area (Å²) in [5.74, 6) is 0.897. The molecule has 0 aromatic rings. The first-order valence-electron chi connectivity index (χ1n) is 6.57. The van der Waals surface area contributed by atoms with Crippen LogP contribution < -0.4 is 11.1 Å². The van der Waals surface area contributed by atoms with Crippen molar-refractivity contribution in [3.8, 4) is 0 Å². The van der Waals surface area contributed by atoms with E-state index in [1.165, 1.54) is 12.8 Å². The maximum atomic E-state index is 11.6. The first-order valence-corrected chi connectivity index (χ1v) is 6.57. The van der Waals surface area contributed by atoms with Crippen molar-refractivity contribution >= 4 is 5.91 Å². The Hall–Kier alpha value is -0.570. The van der Waals surface area contributed by atoms with Crippen LogP contribution in [0.2, 0.25) is 0 Å². The maximum Gasteiger partial charge on any atom is 0.220 e. The third-order valence-corrected chi connectivity index (χ3v) is 3.86. The van der Waals surface area contributed by atoms with E-state index >= 15 is 0 Å². The van der Waals surface area contributed by atoms with Crippen molar-refractivity contribution in [2.24, 2.45) is 17.1 Å². The number of carbonyl (C=O) groups is 1. The largest absolute Gasteiger partial charge is 0.356 e. The van der Waals surface area contributed by atoms with Crippen molar-refractivity contribution in [1.82, 2.24) is 5.32 Å². The summed E-state index contributed by atoms with van der Waals surface area (Å²) in [7, 11) is 0. The molecule has 0 unspecified atom stereocenters. The molecule has 0 aromatic heterocycles. The lowest BCUT2D eigenvalue weighted by molar-refractivity contribution is -0.121. The van der Waals surface area contributed by atoms with Crippen LogP contribution in [-0.2, 0) is 4.79 Å². The van der Waals surface area contributed by atoms with Crippen molar-refractivity contribution in [2.75, 3.05) is 13.1 Å². The average Bonchev–Trinajstić information content (AvgIpc) is 3.03. The molecule has 3 heteroatoms. The van der Waals surface area contributed by atoms with Gasteiger partial charge in [-0.1, -0.05) is 20.3 Å². The van der Waals surface area contributed by atoms with Crippen LogP contribution in [0.3, 0.4) is 0 Å². The Bertz CT molecular complexity index is 222. The normalized spacial score (nSPS) is 17.5. The van der Waals surface area contributed by atoms with Crippen LogP contribution in [0.5, 0.6) is 0 Å². The Morgan fingerprint density at radius 1 is 1.31 bits per heavy atom. The van der Waals surface area contributed by atoms with E-state index in [1.54, 1.807) is 0 Å². The van der Waals surface area contributed by atoms with E-state index in [-0.39, 0.29) is 5.91 Å². The summed E-state index contributed by atoms with van der Waals surface area (Å²) in [4.78, 5) is 11.6. The van der Waals surface area contributed by atoms with E-state index in [0.717, 1.165) is 32.4 Å². The summed E-state index contributed by atoms with van der Waals surface area (Å²) in [5, 5.41) is 3.07. The molecule has 0 saturated heterocycles. The molecule has 0 aromatic carbocycles. The van der Waals surface area contributed by atoms with Crippen molar-refractivity contribution in [1.29, 1.82) is 0 Å². The zero-order valence-electron chi connectivity index (χ0n) is 10.7. The zero-order chi connectivity index (χ0) is 12.0. The van der Waals surface area contributed by atoms with Gasteiger partial charge in [-0.3, -0.25) is 4.79 Å². The number of amides is 1. The summed E-state index contributed by atoms with van der Waals surface area (Å²) < 4.78 is 0. The van der Waals surface area contributed by atoms with Crippen LogP contribution in [0.25, 0.3) is 0 Å². The summed E-state index contributed by atoms with van der Waals surface area (Å²) >= 11 is 0. The van der Waals surface area contributed by atoms with E-state index in [1.807, 2.05) is 0 Å². The second kappa shape index (κ2) is 6.24. The van der Waals surface area contributed by atoms with Gasteiger partial charge in [0.2, 0.25) is 5.91 Å². The van der Waals surface area contributed by atoms with E-state index in [2.05, 4.69) is 19.2 Å². The Morgan fingerprint density at radius 3 is 2.50 bits per heavy atom. The highest BCUT2D eigenvalue weighted by atomic mass is 16.1. The molecule has 0 heterocycles. The lowest BCUT2D eigenvalue weighted by Gasteiger charge is -2.19. The van der Waals surface area contributed by atoms with Crippen molar-refractivity contribution in [3.05, 3.63) is 0 Å². The Balaban J connectivity index is 2.06. The molecule has 1 saturated carbocycles. The van der Waals surface area contributed by atoms with Gasteiger partial charge >= 0.3 is 0 Å². The van der Waals surface area contributed by atoms with Gasteiger partial charge in [0.05, 0.1) is 0 Å². The van der Waals surface area contributed by atoms with Crippen LogP contribution in [0.1, 0.15) is 52.4 Å². The molecular weight excluding hydrogens is 200 g/mol. The number of rotatable bonds is 8. The zero-order valence-corrected chi connectivity index (χ0v) is 10.7. The topological polar surface area (TPSA) is 55.1 Å². The van der Waals surface area contributed by atoms with E-state index < -0.39 is 0 Å². The molecule has 0 atom stereocenters. The summed E-state index contributed by atoms with van der Waals surface area (Å²) in [6.07, 6.45) is 6.28. The number of hydrogen-bond acceptors (Lipinski definition) is 2. The molecule has 0 radical (unpaired) electrons. The predicted octanol–water partition coefficient (Wildman–Crippen LogP) is 2.06. The number of carbonyl (C=O) groups excluding carboxylic acids is 1. The summed E-state index contributed by atoms with van der Waals surface area (Å²) in [5.41, 5.74) is 5.83. The van der Waals surface area contributed by atoms with Crippen molar-refractivity contribution < 1.29 is 4.79 Å². The molecule has 0 spiro atoms. The second-order valence-electron chi connectivity index (χ2n) is 5.39. The lowest BCUT2D eigenvalue weighted by Crippen LogP contribution is -2.32. The quantitative estimate of drug-likeness (QED) is 0.622. The SMILES string of the molecule is CC(C)C1(CNC(=O)CCCCCN)CC1. The Labute approximate surface area is 99.2 Å². The second-order valence-corrected chi connectivity index (χ2v) is 5.39. The average molecular weight is 226 g/mol. The summed E-state index contributed by atoms with van der Waals surface area (Å²) in [6.45, 7) is 6.11. The molecule has 0 aliphatic heterocycles. The van der Waals surface area contributed by atoms with Crippen LogP contribution in [0.15, 0.2) is 0 Å². The molecule has 3 nitrogen and oxygen atoms in total. The molecule has 94 valence electrons. The van der Waals surface area contributed by atoms with Crippen molar-refractivity contribution in [3.63, 3.8) is 0 Å². The maximum absolute atomic E-state index is 11.6. The van der Waals surface area contributed by atoms with E-state index in [9.17, 15) is 4.79 Å². The van der Waals surface area contributed by atoms with Crippen molar-refractivity contribution in [2.45, 2.75) is 52.4 Å². The highest BCUT2D eigenvalue weighted by molar-refractivity contribution is 5.75. The Morgan fingerprint density at radius 2 is 2.00 bits per heavy atom. The molecule has 1 aliphatic rings. The van der Waals surface area contributed by atoms with Gasteiger partial charge in [-0.25, -0.2) is 0 Å². The van der Waals surface area contributed by atoms with Gasteiger partial charge in [0.25, 0.3) is 0 Å². The van der Waals surface area contributed by atoms with Crippen LogP contribution in [-0.4, -0.2) is 19.0 Å². The monoisotopic (exact) mass is 226 g/mol. The van der Waals surface area contributed by atoms with Gasteiger partial charge in [0.1, 0.15) is 0 Å². The minimum absolute atomic E-state index is 0.212. The molecule has 1 amide bonds. The van der Waals surface area contributed by atoms with Crippen LogP contribution >= 0.6 is 0 Å². The highest BCUT2D eigenvalue weighted by Crippen LogP contribution is 2.51. The number of hydrogen-bond donors (Lipinski definition) is 2. The molecule has 1 aliphatic carbocycles. The smallest absolute Gasteiger partial charge is 0.220 e. The highest BCUT2D eigenvalue weighted by Gasteiger charge is 2.45. The molecular formula is C13H26N2O. The van der Waals surface area contributed by atoms with Gasteiger partial charge in [-0.05, 0) is 43.6 Å². The molecule has 0 bridgehead atoms. The number of nitrogens with one attached hydrogen (secondary N) is 1. The van der Waals surface area contributed by atoms with Gasteiger partial charge in [-0.15, -0.1) is 0 Å². The predicted molar refractivity (Wildman–Crippen MR) is 67.0 cm³/mol. The standard InChI is InChI=1S/C13H26N2O/c1-11(2)13(7-8-13)10-15-12(16)6-4-3-5-9-14/h11H,3-10,14H2,1-2H3,(H,15,16). The molecule has 16 heavy (non-hydrogen) atoms. The number of nitrogens with two attached hydrogens (primary N) is 1. The first-order chi connectivity index (χ1) is 7.60. The first kappa shape index (κ1) is 13.5. The minimum atomic E-state index is 0.212. The van der Waals surface area contributed by atoms with Crippen LogP contribution in [0.4, 0.5) is 0 Å². The third-order valence-electron chi connectivity index (χ3n) is 3.86. The molecule has 1 fully saturated rings. The molecule has 3 N–H and O–H groups in total.